The van der Waals surface area contributed by atoms with Gasteiger partial charge in [-0.15, -0.1) is 12.4 Å². The third kappa shape index (κ3) is 4.18. The summed E-state index contributed by atoms with van der Waals surface area (Å²) in [5.74, 6) is 0. The number of amides is 1. The quantitative estimate of drug-likeness (QED) is 0.647. The molecular formula is C9H16ClNO2. The summed E-state index contributed by atoms with van der Waals surface area (Å²) >= 11 is 0. The fraction of sp³-hybridized carbons (Fsp3) is 0.667. The van der Waals surface area contributed by atoms with E-state index in [-0.39, 0.29) is 18.5 Å². The van der Waals surface area contributed by atoms with Gasteiger partial charge in [-0.1, -0.05) is 12.7 Å². The molecule has 1 fully saturated rings. The number of hydrogen-bond acceptors (Lipinski definition) is 2. The van der Waals surface area contributed by atoms with Gasteiger partial charge in [-0.2, -0.15) is 0 Å². The zero-order valence-electron chi connectivity index (χ0n) is 7.70. The lowest BCUT2D eigenvalue weighted by atomic mass is 10.1. The Morgan fingerprint density at radius 1 is 1.38 bits per heavy atom. The van der Waals surface area contributed by atoms with Crippen LogP contribution in [0.25, 0.3) is 0 Å². The van der Waals surface area contributed by atoms with Crippen molar-refractivity contribution in [2.24, 2.45) is 0 Å². The molecule has 1 aliphatic heterocycles. The van der Waals surface area contributed by atoms with Gasteiger partial charge in [-0.05, 0) is 19.3 Å². The van der Waals surface area contributed by atoms with Crippen molar-refractivity contribution in [2.45, 2.75) is 19.3 Å². The number of ether oxygens (including phenoxy) is 1. The summed E-state index contributed by atoms with van der Waals surface area (Å²) < 4.78 is 4.90. The smallest absolute Gasteiger partial charge is 0.410 e. The minimum Gasteiger partial charge on any atom is -0.445 e. The molecule has 0 radical (unpaired) electrons. The van der Waals surface area contributed by atoms with Gasteiger partial charge >= 0.3 is 6.09 Å². The van der Waals surface area contributed by atoms with Gasteiger partial charge in [0.15, 0.2) is 0 Å². The van der Waals surface area contributed by atoms with Crippen molar-refractivity contribution in [3.63, 3.8) is 0 Å². The van der Waals surface area contributed by atoms with Crippen LogP contribution in [0.4, 0.5) is 4.79 Å². The Kier molecular flexibility index (Phi) is 6.41. The maximum atomic E-state index is 11.2. The first-order valence-electron chi connectivity index (χ1n) is 4.37. The summed E-state index contributed by atoms with van der Waals surface area (Å²) in [5.41, 5.74) is 0. The Bertz CT molecular complexity index is 167. The van der Waals surface area contributed by atoms with E-state index in [9.17, 15) is 4.79 Å². The van der Waals surface area contributed by atoms with Gasteiger partial charge in [0.2, 0.25) is 0 Å². The molecule has 4 heteroatoms. The molecular weight excluding hydrogens is 190 g/mol. The van der Waals surface area contributed by atoms with Crippen LogP contribution in [0, 0.1) is 0 Å². The highest BCUT2D eigenvalue weighted by Gasteiger charge is 2.16. The van der Waals surface area contributed by atoms with Gasteiger partial charge in [0.05, 0.1) is 0 Å². The molecule has 1 aliphatic rings. The van der Waals surface area contributed by atoms with Gasteiger partial charge in [-0.3, -0.25) is 0 Å². The second-order valence-electron chi connectivity index (χ2n) is 2.91. The highest BCUT2D eigenvalue weighted by atomic mass is 35.5. The molecule has 1 amide bonds. The number of likely N-dealkylation sites (tertiary alicyclic amines) is 1. The topological polar surface area (TPSA) is 29.5 Å². The molecule has 0 unspecified atom stereocenters. The molecule has 0 aromatic rings. The molecule has 0 saturated carbocycles. The van der Waals surface area contributed by atoms with E-state index in [0.717, 1.165) is 25.9 Å². The summed E-state index contributed by atoms with van der Waals surface area (Å²) in [6.07, 6.45) is 4.81. The molecule has 0 aromatic carbocycles. The van der Waals surface area contributed by atoms with Gasteiger partial charge in [0.25, 0.3) is 0 Å². The van der Waals surface area contributed by atoms with Crippen molar-refractivity contribution >= 4 is 18.5 Å². The second kappa shape index (κ2) is 6.78. The molecule has 0 aliphatic carbocycles. The van der Waals surface area contributed by atoms with Crippen molar-refractivity contribution < 1.29 is 9.53 Å². The Hall–Kier alpha value is -0.700. The third-order valence-corrected chi connectivity index (χ3v) is 1.94. The lowest BCUT2D eigenvalue weighted by Gasteiger charge is -2.25. The lowest BCUT2D eigenvalue weighted by Crippen LogP contribution is -2.36. The number of piperidine rings is 1. The Morgan fingerprint density at radius 2 is 2.00 bits per heavy atom. The number of rotatable bonds is 2. The highest BCUT2D eigenvalue weighted by Crippen LogP contribution is 2.09. The minimum absolute atomic E-state index is 0. The second-order valence-corrected chi connectivity index (χ2v) is 2.91. The van der Waals surface area contributed by atoms with E-state index in [1.165, 1.54) is 6.42 Å². The average molecular weight is 206 g/mol. The monoisotopic (exact) mass is 205 g/mol. The van der Waals surface area contributed by atoms with Crippen LogP contribution in [0.2, 0.25) is 0 Å². The van der Waals surface area contributed by atoms with Crippen LogP contribution in [-0.4, -0.2) is 30.7 Å². The van der Waals surface area contributed by atoms with Crippen molar-refractivity contribution in [3.8, 4) is 0 Å². The maximum Gasteiger partial charge on any atom is 0.410 e. The zero-order chi connectivity index (χ0) is 8.81. The average Bonchev–Trinajstić information content (AvgIpc) is 2.15. The van der Waals surface area contributed by atoms with Crippen molar-refractivity contribution in [3.05, 3.63) is 12.7 Å². The number of hydrogen-bond donors (Lipinski definition) is 0. The van der Waals surface area contributed by atoms with E-state index >= 15 is 0 Å². The predicted molar refractivity (Wildman–Crippen MR) is 54.2 cm³/mol. The molecule has 1 heterocycles. The molecule has 0 aromatic heterocycles. The number of carbonyl (C=O) groups excluding carboxylic acids is 1. The van der Waals surface area contributed by atoms with Crippen molar-refractivity contribution in [1.29, 1.82) is 0 Å². The van der Waals surface area contributed by atoms with Crippen LogP contribution in [-0.2, 0) is 4.74 Å². The summed E-state index contributed by atoms with van der Waals surface area (Å²) in [7, 11) is 0. The standard InChI is InChI=1S/C9H15NO2.ClH/c1-2-8-12-9(11)10-6-4-3-5-7-10;/h2H,1,3-8H2;1H. The molecule has 0 N–H and O–H groups in total. The van der Waals surface area contributed by atoms with E-state index < -0.39 is 0 Å². The van der Waals surface area contributed by atoms with E-state index in [1.54, 1.807) is 11.0 Å². The summed E-state index contributed by atoms with van der Waals surface area (Å²) in [6.45, 7) is 5.48. The predicted octanol–water partition coefficient (Wildman–Crippen LogP) is 2.22. The summed E-state index contributed by atoms with van der Waals surface area (Å²) in [6, 6.07) is 0. The van der Waals surface area contributed by atoms with Crippen molar-refractivity contribution in [2.75, 3.05) is 19.7 Å². The van der Waals surface area contributed by atoms with Crippen LogP contribution in [0.1, 0.15) is 19.3 Å². The number of carbonyl (C=O) groups is 1. The van der Waals surface area contributed by atoms with Gasteiger partial charge in [-0.25, -0.2) is 4.79 Å². The van der Waals surface area contributed by atoms with Crippen molar-refractivity contribution in [1.82, 2.24) is 4.90 Å². The first kappa shape index (κ1) is 12.3. The Labute approximate surface area is 85.2 Å². The highest BCUT2D eigenvalue weighted by molar-refractivity contribution is 5.85. The zero-order valence-corrected chi connectivity index (χ0v) is 8.52. The minimum atomic E-state index is -0.199. The summed E-state index contributed by atoms with van der Waals surface area (Å²) in [5, 5.41) is 0. The summed E-state index contributed by atoms with van der Waals surface area (Å²) in [4.78, 5) is 13.0. The van der Waals surface area contributed by atoms with Crippen LogP contribution in [0.15, 0.2) is 12.7 Å². The Balaban J connectivity index is 0.00000144. The first-order valence-corrected chi connectivity index (χ1v) is 4.37. The number of halogens is 1. The lowest BCUT2D eigenvalue weighted by molar-refractivity contribution is 0.105. The van der Waals surface area contributed by atoms with Gasteiger partial charge in [0.1, 0.15) is 6.61 Å². The first-order chi connectivity index (χ1) is 5.84. The van der Waals surface area contributed by atoms with Crippen LogP contribution in [0.3, 0.4) is 0 Å². The Morgan fingerprint density at radius 3 is 2.54 bits per heavy atom. The van der Waals surface area contributed by atoms with Gasteiger partial charge < -0.3 is 9.64 Å². The van der Waals surface area contributed by atoms with E-state index in [1.807, 2.05) is 0 Å². The molecule has 76 valence electrons. The SMILES string of the molecule is C=CCOC(=O)N1CCCCC1.Cl. The van der Waals surface area contributed by atoms with E-state index in [4.69, 9.17) is 4.74 Å². The van der Waals surface area contributed by atoms with E-state index in [2.05, 4.69) is 6.58 Å². The van der Waals surface area contributed by atoms with Gasteiger partial charge in [0, 0.05) is 13.1 Å². The molecule has 1 saturated heterocycles. The molecule has 3 nitrogen and oxygen atoms in total. The fourth-order valence-corrected chi connectivity index (χ4v) is 1.30. The molecule has 13 heavy (non-hydrogen) atoms. The van der Waals surface area contributed by atoms with E-state index in [0.29, 0.717) is 6.61 Å². The molecule has 0 atom stereocenters. The molecule has 0 spiro atoms. The molecule has 0 bridgehead atoms. The molecule has 1 rings (SSSR count). The number of nitrogens with zero attached hydrogens (tertiary/aromatic N) is 1. The van der Waals surface area contributed by atoms with Crippen LogP contribution in [0.5, 0.6) is 0 Å². The maximum absolute atomic E-state index is 11.2. The van der Waals surface area contributed by atoms with Crippen LogP contribution < -0.4 is 0 Å². The van der Waals surface area contributed by atoms with Crippen LogP contribution >= 0.6 is 12.4 Å². The third-order valence-electron chi connectivity index (χ3n) is 1.94. The fourth-order valence-electron chi connectivity index (χ4n) is 1.30. The normalized spacial score (nSPS) is 15.8. The largest absolute Gasteiger partial charge is 0.445 e.